The van der Waals surface area contributed by atoms with Crippen molar-refractivity contribution < 1.29 is 14.3 Å². The molecule has 0 radical (unpaired) electrons. The van der Waals surface area contributed by atoms with Crippen molar-refractivity contribution in [3.05, 3.63) is 0 Å². The zero-order valence-electron chi connectivity index (χ0n) is 13.6. The molecular formula is C15H32N2O3S. The van der Waals surface area contributed by atoms with Crippen LogP contribution >= 0.6 is 12.6 Å². The summed E-state index contributed by atoms with van der Waals surface area (Å²) in [5.41, 5.74) is 11.0. The van der Waals surface area contributed by atoms with Crippen molar-refractivity contribution in [2.75, 3.05) is 32.1 Å². The molecule has 0 aromatic rings. The van der Waals surface area contributed by atoms with E-state index in [4.69, 9.17) is 20.9 Å². The summed E-state index contributed by atoms with van der Waals surface area (Å²) in [4.78, 5) is 11.8. The van der Waals surface area contributed by atoms with E-state index in [1.54, 1.807) is 0 Å². The molecule has 0 bridgehead atoms. The van der Waals surface area contributed by atoms with Gasteiger partial charge in [0.1, 0.15) is 6.04 Å². The summed E-state index contributed by atoms with van der Waals surface area (Å²) in [5.74, 6) is 0.874. The minimum absolute atomic E-state index is 0.219. The minimum atomic E-state index is -0.558. The number of nitrogens with two attached hydrogens (primary N) is 2. The van der Waals surface area contributed by atoms with E-state index in [9.17, 15) is 4.79 Å². The smallest absolute Gasteiger partial charge is 0.322 e. The van der Waals surface area contributed by atoms with Crippen LogP contribution < -0.4 is 11.5 Å². The molecule has 5 nitrogen and oxygen atoms in total. The Morgan fingerprint density at radius 1 is 1.29 bits per heavy atom. The number of hydrogen-bond acceptors (Lipinski definition) is 6. The molecule has 0 aromatic carbocycles. The molecule has 0 amide bonds. The van der Waals surface area contributed by atoms with Gasteiger partial charge in [0.2, 0.25) is 0 Å². The van der Waals surface area contributed by atoms with Gasteiger partial charge in [0, 0.05) is 12.0 Å². The Kier molecular flexibility index (Phi) is 11.1. The van der Waals surface area contributed by atoms with Crippen molar-refractivity contribution in [1.29, 1.82) is 0 Å². The lowest BCUT2D eigenvalue weighted by Crippen LogP contribution is -2.36. The van der Waals surface area contributed by atoms with Crippen molar-refractivity contribution >= 4 is 18.6 Å². The van der Waals surface area contributed by atoms with Crippen LogP contribution in [-0.2, 0) is 14.3 Å². The summed E-state index contributed by atoms with van der Waals surface area (Å²) in [7, 11) is 0. The summed E-state index contributed by atoms with van der Waals surface area (Å²) >= 11 is 4.22. The maximum Gasteiger partial charge on any atom is 0.322 e. The molecule has 0 aliphatic carbocycles. The number of hydrogen-bond donors (Lipinski definition) is 3. The second-order valence-electron chi connectivity index (χ2n) is 6.47. The molecule has 21 heavy (non-hydrogen) atoms. The lowest BCUT2D eigenvalue weighted by Gasteiger charge is -2.25. The molecule has 0 saturated heterocycles. The number of unbranched alkanes of at least 4 members (excludes halogenated alkanes) is 1. The van der Waals surface area contributed by atoms with E-state index in [0.717, 1.165) is 18.6 Å². The third-order valence-corrected chi connectivity index (χ3v) is 3.71. The number of ether oxygens (including phenoxy) is 2. The fraction of sp³-hybridized carbons (Fsp3) is 0.933. The molecule has 0 fully saturated rings. The third kappa shape index (κ3) is 11.0. The minimum Gasteiger partial charge on any atom is -0.464 e. The molecule has 0 spiro atoms. The lowest BCUT2D eigenvalue weighted by molar-refractivity contribution is -0.149. The second-order valence-corrected chi connectivity index (χ2v) is 6.83. The fourth-order valence-corrected chi connectivity index (χ4v) is 1.74. The van der Waals surface area contributed by atoms with Crippen LogP contribution in [0, 0.1) is 11.3 Å². The Morgan fingerprint density at radius 2 is 1.95 bits per heavy atom. The molecular weight excluding hydrogens is 288 g/mol. The van der Waals surface area contributed by atoms with E-state index in [-0.39, 0.29) is 11.4 Å². The van der Waals surface area contributed by atoms with Crippen LogP contribution in [0.5, 0.6) is 0 Å². The highest BCUT2D eigenvalue weighted by Gasteiger charge is 2.23. The first-order chi connectivity index (χ1) is 9.82. The standard InChI is InChI=1S/C15H32N2O3S/c1-12(9-21)8-19-10-15(2,3)11-20-14(18)13(17)6-4-5-7-16/h12-13,21H,4-11,16-17H2,1-3H3. The first-order valence-corrected chi connectivity index (χ1v) is 8.26. The molecule has 2 unspecified atom stereocenters. The number of rotatable bonds is 12. The zero-order valence-corrected chi connectivity index (χ0v) is 14.5. The predicted octanol–water partition coefficient (Wildman–Crippen LogP) is 1.59. The van der Waals surface area contributed by atoms with Crippen molar-refractivity contribution in [2.24, 2.45) is 22.8 Å². The van der Waals surface area contributed by atoms with Gasteiger partial charge in [-0.05, 0) is 31.1 Å². The Morgan fingerprint density at radius 3 is 2.52 bits per heavy atom. The van der Waals surface area contributed by atoms with Crippen LogP contribution in [0.2, 0.25) is 0 Å². The summed E-state index contributed by atoms with van der Waals surface area (Å²) in [6.07, 6.45) is 2.34. The summed E-state index contributed by atoms with van der Waals surface area (Å²) in [6, 6.07) is -0.558. The van der Waals surface area contributed by atoms with Gasteiger partial charge in [0.25, 0.3) is 0 Å². The molecule has 0 saturated carbocycles. The van der Waals surface area contributed by atoms with Gasteiger partial charge in [0.15, 0.2) is 0 Å². The highest BCUT2D eigenvalue weighted by molar-refractivity contribution is 7.80. The Labute approximate surface area is 134 Å². The van der Waals surface area contributed by atoms with Gasteiger partial charge in [-0.1, -0.05) is 27.2 Å². The zero-order chi connectivity index (χ0) is 16.3. The average Bonchev–Trinajstić information content (AvgIpc) is 2.44. The maximum absolute atomic E-state index is 11.8. The molecule has 0 rings (SSSR count). The summed E-state index contributed by atoms with van der Waals surface area (Å²) < 4.78 is 10.9. The second kappa shape index (κ2) is 11.3. The first-order valence-electron chi connectivity index (χ1n) is 7.63. The van der Waals surface area contributed by atoms with Crippen LogP contribution in [0.15, 0.2) is 0 Å². The summed E-state index contributed by atoms with van der Waals surface area (Å²) in [6.45, 7) is 8.24. The lowest BCUT2D eigenvalue weighted by atomic mass is 9.96. The van der Waals surface area contributed by atoms with Gasteiger partial charge in [-0.3, -0.25) is 4.79 Å². The van der Waals surface area contributed by atoms with E-state index < -0.39 is 6.04 Å². The van der Waals surface area contributed by atoms with Gasteiger partial charge in [-0.2, -0.15) is 12.6 Å². The molecule has 0 aliphatic rings. The van der Waals surface area contributed by atoms with E-state index >= 15 is 0 Å². The molecule has 6 heteroatoms. The van der Waals surface area contributed by atoms with E-state index in [2.05, 4.69) is 19.6 Å². The molecule has 4 N–H and O–H groups in total. The molecule has 0 heterocycles. The highest BCUT2D eigenvalue weighted by Crippen LogP contribution is 2.17. The first kappa shape index (κ1) is 20.7. The topological polar surface area (TPSA) is 87.6 Å². The Bertz CT molecular complexity index is 288. The van der Waals surface area contributed by atoms with Gasteiger partial charge in [0.05, 0.1) is 13.2 Å². The number of carbonyl (C=O) groups is 1. The van der Waals surface area contributed by atoms with Crippen molar-refractivity contribution in [1.82, 2.24) is 0 Å². The largest absolute Gasteiger partial charge is 0.464 e. The van der Waals surface area contributed by atoms with E-state index in [1.165, 1.54) is 0 Å². The SMILES string of the molecule is CC(CS)COCC(C)(C)COC(=O)C(N)CCCCN. The van der Waals surface area contributed by atoms with Crippen molar-refractivity contribution in [3.8, 4) is 0 Å². The number of esters is 1. The van der Waals surface area contributed by atoms with Crippen LogP contribution in [0.3, 0.4) is 0 Å². The fourth-order valence-electron chi connectivity index (χ4n) is 1.63. The van der Waals surface area contributed by atoms with Crippen molar-refractivity contribution in [3.63, 3.8) is 0 Å². The number of thiol groups is 1. The van der Waals surface area contributed by atoms with Gasteiger partial charge < -0.3 is 20.9 Å². The maximum atomic E-state index is 11.8. The van der Waals surface area contributed by atoms with E-state index in [0.29, 0.717) is 38.7 Å². The van der Waals surface area contributed by atoms with E-state index in [1.807, 2.05) is 13.8 Å². The molecule has 126 valence electrons. The van der Waals surface area contributed by atoms with Crippen LogP contribution in [-0.4, -0.2) is 44.1 Å². The average molecular weight is 320 g/mol. The third-order valence-electron chi connectivity index (χ3n) is 3.08. The normalized spacial score (nSPS) is 14.8. The molecule has 2 atom stereocenters. The highest BCUT2D eigenvalue weighted by atomic mass is 32.1. The Hall–Kier alpha value is -0.300. The van der Waals surface area contributed by atoms with Gasteiger partial charge in [-0.15, -0.1) is 0 Å². The number of carbonyl (C=O) groups excluding carboxylic acids is 1. The molecule has 0 aromatic heterocycles. The van der Waals surface area contributed by atoms with Crippen molar-refractivity contribution in [2.45, 2.75) is 46.1 Å². The summed E-state index contributed by atoms with van der Waals surface area (Å²) in [5, 5.41) is 0. The monoisotopic (exact) mass is 320 g/mol. The van der Waals surface area contributed by atoms with Gasteiger partial charge in [-0.25, -0.2) is 0 Å². The van der Waals surface area contributed by atoms with Crippen LogP contribution in [0.4, 0.5) is 0 Å². The predicted molar refractivity (Wildman–Crippen MR) is 89.5 cm³/mol. The Balaban J connectivity index is 3.91. The molecule has 0 aliphatic heterocycles. The van der Waals surface area contributed by atoms with Gasteiger partial charge >= 0.3 is 5.97 Å². The van der Waals surface area contributed by atoms with Crippen LogP contribution in [0.25, 0.3) is 0 Å². The van der Waals surface area contributed by atoms with Crippen LogP contribution in [0.1, 0.15) is 40.0 Å². The quantitative estimate of drug-likeness (QED) is 0.289.